The first kappa shape index (κ1) is 21.8. The molecule has 2 aliphatic rings. The monoisotopic (exact) mass is 452 g/mol. The maximum Gasteiger partial charge on any atom is 0.210 e. The number of fused-ring (bicyclic) bond motifs is 2. The van der Waals surface area contributed by atoms with Crippen molar-refractivity contribution >= 4 is 17.4 Å². The van der Waals surface area contributed by atoms with Crippen LogP contribution in [0.4, 0.5) is 10.3 Å². The van der Waals surface area contributed by atoms with Crippen LogP contribution in [0.5, 0.6) is 5.75 Å². The lowest BCUT2D eigenvalue weighted by atomic mass is 9.83. The van der Waals surface area contributed by atoms with Gasteiger partial charge in [0, 0.05) is 47.9 Å². The highest BCUT2D eigenvalue weighted by Crippen LogP contribution is 2.37. The van der Waals surface area contributed by atoms with E-state index in [1.807, 2.05) is 10.6 Å². The number of ether oxygens (including phenoxy) is 1. The topological polar surface area (TPSA) is 84.7 Å². The van der Waals surface area contributed by atoms with Gasteiger partial charge in [0.2, 0.25) is 5.95 Å². The van der Waals surface area contributed by atoms with Crippen LogP contribution in [0.15, 0.2) is 24.7 Å². The molecule has 174 valence electrons. The minimum atomic E-state index is -0.247. The van der Waals surface area contributed by atoms with Gasteiger partial charge in [0.25, 0.3) is 0 Å². The Morgan fingerprint density at radius 3 is 2.82 bits per heavy atom. The fourth-order valence-electron chi connectivity index (χ4n) is 5.38. The summed E-state index contributed by atoms with van der Waals surface area (Å²) in [6.07, 6.45) is 6.07. The third kappa shape index (κ3) is 4.06. The number of hydrogen-bond acceptors (Lipinski definition) is 7. The largest absolute Gasteiger partial charge is 0.493 e. The second-order valence-electron chi connectivity index (χ2n) is 9.26. The number of nitrogens with zero attached hydrogens (tertiary/aromatic N) is 5. The number of Topliss-reactive ketones (excluding diaryl/α,β-unsaturated/α-hetero) is 1. The van der Waals surface area contributed by atoms with Gasteiger partial charge in [0.1, 0.15) is 23.7 Å². The molecule has 0 radical (unpaired) electrons. The molecular formula is C24H29FN6O2. The Morgan fingerprint density at radius 1 is 1.27 bits per heavy atom. The van der Waals surface area contributed by atoms with Crippen LogP contribution in [0, 0.1) is 5.82 Å². The Hall–Kier alpha value is -3.07. The van der Waals surface area contributed by atoms with Crippen molar-refractivity contribution in [3.8, 4) is 5.75 Å². The first-order valence-electron chi connectivity index (χ1n) is 11.5. The standard InChI is InChI=1S/C24H29FN6O2/c1-14-8-17(9-15(2)30(14)12-16(3)32)19-10-26-24(31-13-28-29-23(19)31)27-11-20-18-6-7-33-22(18)5-4-21(20)25/h4-5,10,13-15,17H,6-9,11-12H2,1-3H3,(H,26,27). The lowest BCUT2D eigenvalue weighted by molar-refractivity contribution is -0.119. The molecule has 0 amide bonds. The van der Waals surface area contributed by atoms with Crippen molar-refractivity contribution in [1.29, 1.82) is 0 Å². The molecule has 33 heavy (non-hydrogen) atoms. The first-order chi connectivity index (χ1) is 15.9. The van der Waals surface area contributed by atoms with E-state index in [1.165, 1.54) is 6.07 Å². The maximum atomic E-state index is 14.5. The minimum Gasteiger partial charge on any atom is -0.493 e. The van der Waals surface area contributed by atoms with Crippen LogP contribution in [-0.4, -0.2) is 55.5 Å². The molecule has 1 aromatic carbocycles. The third-order valence-corrected chi connectivity index (χ3v) is 6.95. The zero-order valence-corrected chi connectivity index (χ0v) is 19.2. The molecule has 0 aliphatic carbocycles. The molecule has 2 aromatic heterocycles. The smallest absolute Gasteiger partial charge is 0.210 e. The van der Waals surface area contributed by atoms with E-state index in [-0.39, 0.29) is 29.6 Å². The summed E-state index contributed by atoms with van der Waals surface area (Å²) in [4.78, 5) is 18.6. The molecule has 5 rings (SSSR count). The lowest BCUT2D eigenvalue weighted by Gasteiger charge is -2.42. The second kappa shape index (κ2) is 8.70. The van der Waals surface area contributed by atoms with Gasteiger partial charge in [0.05, 0.1) is 13.2 Å². The van der Waals surface area contributed by atoms with Crippen molar-refractivity contribution in [2.24, 2.45) is 0 Å². The summed E-state index contributed by atoms with van der Waals surface area (Å²) >= 11 is 0. The number of halogens is 1. The van der Waals surface area contributed by atoms with E-state index >= 15 is 0 Å². The lowest BCUT2D eigenvalue weighted by Crippen LogP contribution is -2.48. The van der Waals surface area contributed by atoms with E-state index < -0.39 is 0 Å². The number of likely N-dealkylation sites (tertiary alicyclic amines) is 1. The molecule has 9 heteroatoms. The third-order valence-electron chi connectivity index (χ3n) is 6.95. The van der Waals surface area contributed by atoms with Crippen LogP contribution >= 0.6 is 0 Å². The van der Waals surface area contributed by atoms with E-state index in [4.69, 9.17) is 4.74 Å². The van der Waals surface area contributed by atoms with Gasteiger partial charge in [-0.1, -0.05) is 0 Å². The molecule has 2 aliphatic heterocycles. The molecule has 0 bridgehead atoms. The fraction of sp³-hybridized carbons (Fsp3) is 0.500. The van der Waals surface area contributed by atoms with Crippen LogP contribution in [0.25, 0.3) is 5.65 Å². The summed E-state index contributed by atoms with van der Waals surface area (Å²) in [6, 6.07) is 3.71. The quantitative estimate of drug-likeness (QED) is 0.614. The summed E-state index contributed by atoms with van der Waals surface area (Å²) in [5.41, 5.74) is 3.34. The Morgan fingerprint density at radius 2 is 2.06 bits per heavy atom. The Bertz CT molecular complexity index is 1180. The molecule has 1 fully saturated rings. The van der Waals surface area contributed by atoms with Crippen LogP contribution in [0.2, 0.25) is 0 Å². The van der Waals surface area contributed by atoms with E-state index in [1.54, 1.807) is 19.3 Å². The van der Waals surface area contributed by atoms with E-state index in [9.17, 15) is 9.18 Å². The van der Waals surface area contributed by atoms with Crippen molar-refractivity contribution in [2.45, 2.75) is 64.6 Å². The Kier molecular flexibility index (Phi) is 5.74. The minimum absolute atomic E-state index is 0.191. The van der Waals surface area contributed by atoms with Crippen molar-refractivity contribution in [3.05, 3.63) is 47.2 Å². The molecule has 0 saturated carbocycles. The van der Waals surface area contributed by atoms with Gasteiger partial charge in [-0.25, -0.2) is 9.37 Å². The number of benzene rings is 1. The Balaban J connectivity index is 1.38. The molecule has 2 atom stereocenters. The highest BCUT2D eigenvalue weighted by molar-refractivity contribution is 5.77. The predicted octanol–water partition coefficient (Wildman–Crippen LogP) is 3.36. The van der Waals surface area contributed by atoms with Crippen LogP contribution in [-0.2, 0) is 17.8 Å². The van der Waals surface area contributed by atoms with Gasteiger partial charge < -0.3 is 10.1 Å². The molecule has 4 heterocycles. The van der Waals surface area contributed by atoms with E-state index in [0.29, 0.717) is 37.6 Å². The van der Waals surface area contributed by atoms with Gasteiger partial charge in [-0.3, -0.25) is 14.1 Å². The van der Waals surface area contributed by atoms with Crippen LogP contribution < -0.4 is 10.1 Å². The number of aromatic nitrogens is 4. The second-order valence-corrected chi connectivity index (χ2v) is 9.26. The normalized spacial score (nSPS) is 22.8. The summed E-state index contributed by atoms with van der Waals surface area (Å²) in [7, 11) is 0. The number of hydrogen-bond donors (Lipinski definition) is 1. The highest BCUT2D eigenvalue weighted by atomic mass is 19.1. The number of rotatable bonds is 6. The van der Waals surface area contributed by atoms with Crippen molar-refractivity contribution in [1.82, 2.24) is 24.5 Å². The van der Waals surface area contributed by atoms with Gasteiger partial charge in [-0.15, -0.1) is 10.2 Å². The first-order valence-corrected chi connectivity index (χ1v) is 11.5. The molecule has 2 unspecified atom stereocenters. The average Bonchev–Trinajstić information content (AvgIpc) is 3.45. The van der Waals surface area contributed by atoms with Crippen molar-refractivity contribution < 1.29 is 13.9 Å². The Labute approximate surface area is 192 Å². The van der Waals surface area contributed by atoms with Gasteiger partial charge in [-0.05, 0) is 51.7 Å². The number of carbonyl (C=O) groups excluding carboxylic acids is 1. The van der Waals surface area contributed by atoms with Crippen LogP contribution in [0.1, 0.15) is 56.2 Å². The van der Waals surface area contributed by atoms with E-state index in [0.717, 1.165) is 35.4 Å². The van der Waals surface area contributed by atoms with Gasteiger partial charge in [0.15, 0.2) is 5.65 Å². The molecular weight excluding hydrogens is 423 g/mol. The predicted molar refractivity (Wildman–Crippen MR) is 122 cm³/mol. The fourth-order valence-corrected chi connectivity index (χ4v) is 5.38. The summed E-state index contributed by atoms with van der Waals surface area (Å²) < 4.78 is 21.9. The summed E-state index contributed by atoms with van der Waals surface area (Å²) in [6.45, 7) is 7.36. The number of nitrogens with one attached hydrogen (secondary N) is 1. The van der Waals surface area contributed by atoms with Crippen molar-refractivity contribution in [2.75, 3.05) is 18.5 Å². The zero-order valence-electron chi connectivity index (χ0n) is 19.2. The van der Waals surface area contributed by atoms with Gasteiger partial charge >= 0.3 is 0 Å². The summed E-state index contributed by atoms with van der Waals surface area (Å²) in [5, 5.41) is 11.8. The summed E-state index contributed by atoms with van der Waals surface area (Å²) in [5.74, 6) is 1.55. The average molecular weight is 453 g/mol. The van der Waals surface area contributed by atoms with E-state index in [2.05, 4.69) is 39.2 Å². The molecule has 3 aromatic rings. The van der Waals surface area contributed by atoms with Gasteiger partial charge in [-0.2, -0.15) is 0 Å². The molecule has 1 saturated heterocycles. The number of anilines is 1. The SMILES string of the molecule is CC(=O)CN1C(C)CC(c2cnc(NCc3c(F)ccc4c3CCO4)n3cnnc23)CC1C. The van der Waals surface area contributed by atoms with Crippen molar-refractivity contribution in [3.63, 3.8) is 0 Å². The zero-order chi connectivity index (χ0) is 23.1. The number of piperidine rings is 1. The van der Waals surface area contributed by atoms with Crippen LogP contribution in [0.3, 0.4) is 0 Å². The molecule has 8 nitrogen and oxygen atoms in total. The number of ketones is 1. The maximum absolute atomic E-state index is 14.5. The molecule has 1 N–H and O–H groups in total. The highest BCUT2D eigenvalue weighted by Gasteiger charge is 2.33. The molecule has 0 spiro atoms. The number of carbonyl (C=O) groups is 1.